The van der Waals surface area contributed by atoms with E-state index in [9.17, 15) is 14.4 Å². The normalized spacial score (nSPS) is 15.0. The van der Waals surface area contributed by atoms with Crippen molar-refractivity contribution in [1.82, 2.24) is 14.6 Å². The summed E-state index contributed by atoms with van der Waals surface area (Å²) in [6.07, 6.45) is 0.781. The number of fused-ring (bicyclic) bond motifs is 2. The first kappa shape index (κ1) is 19.8. The van der Waals surface area contributed by atoms with Gasteiger partial charge in [0.15, 0.2) is 5.69 Å². The molecule has 4 aromatic rings. The van der Waals surface area contributed by atoms with Gasteiger partial charge in [0.05, 0.1) is 11.3 Å². The van der Waals surface area contributed by atoms with E-state index in [0.717, 1.165) is 32.4 Å². The maximum Gasteiger partial charge on any atom is 0.300 e. The van der Waals surface area contributed by atoms with Crippen LogP contribution in [-0.2, 0) is 4.79 Å². The van der Waals surface area contributed by atoms with Crippen molar-refractivity contribution in [1.29, 1.82) is 0 Å². The van der Waals surface area contributed by atoms with Crippen LogP contribution in [0, 0.1) is 0 Å². The van der Waals surface area contributed by atoms with Crippen LogP contribution in [-0.4, -0.2) is 27.0 Å². The lowest BCUT2D eigenvalue weighted by molar-refractivity contribution is -0.113. The number of halogens is 1. The van der Waals surface area contributed by atoms with Gasteiger partial charge in [-0.2, -0.15) is 14.6 Å². The Morgan fingerprint density at radius 3 is 2.58 bits per heavy atom. The maximum absolute atomic E-state index is 13.3. The third-order valence-corrected chi connectivity index (χ3v) is 6.58. The molecule has 0 atom stereocenters. The van der Waals surface area contributed by atoms with E-state index < -0.39 is 11.1 Å². The van der Waals surface area contributed by atoms with Crippen LogP contribution in [0.15, 0.2) is 62.6 Å². The zero-order valence-electron chi connectivity index (χ0n) is 16.3. The molecule has 7 nitrogen and oxygen atoms in total. The van der Waals surface area contributed by atoms with Gasteiger partial charge in [-0.3, -0.25) is 14.4 Å². The van der Waals surface area contributed by atoms with Crippen molar-refractivity contribution in [2.75, 3.05) is 11.4 Å². The molecule has 1 amide bonds. The Hall–Kier alpha value is -3.17. The van der Waals surface area contributed by atoms with Crippen molar-refractivity contribution in [3.63, 3.8) is 0 Å². The molecule has 0 N–H and O–H groups in total. The lowest BCUT2D eigenvalue weighted by atomic mass is 10.1. The second-order valence-electron chi connectivity index (χ2n) is 7.06. The Morgan fingerprint density at radius 2 is 1.84 bits per heavy atom. The Labute approximate surface area is 188 Å². The van der Waals surface area contributed by atoms with E-state index in [4.69, 9.17) is 0 Å². The standard InChI is InChI=1S/C22H15BrN4O3S/c1-2-10-26-15-9-8-13(23)11-14(15)16(20(26)29)18-21(30)27-22(31-18)24-19(28)17(25-27)12-6-4-3-5-7-12/h3-9,11H,2,10H2,1H3. The number of hydrogen-bond donors (Lipinski definition) is 0. The summed E-state index contributed by atoms with van der Waals surface area (Å²) in [7, 11) is 0. The van der Waals surface area contributed by atoms with Crippen molar-refractivity contribution >= 4 is 49.4 Å². The molecule has 0 unspecified atom stereocenters. The first-order valence-electron chi connectivity index (χ1n) is 9.65. The number of carbonyl (C=O) groups is 1. The molecule has 1 aliphatic rings. The van der Waals surface area contributed by atoms with Gasteiger partial charge in [0.25, 0.3) is 11.5 Å². The highest BCUT2D eigenvalue weighted by atomic mass is 79.9. The van der Waals surface area contributed by atoms with Crippen molar-refractivity contribution < 1.29 is 4.79 Å². The number of thiazole rings is 1. The molecule has 0 saturated carbocycles. The summed E-state index contributed by atoms with van der Waals surface area (Å²) < 4.78 is 2.15. The fourth-order valence-electron chi connectivity index (χ4n) is 3.71. The third-order valence-electron chi connectivity index (χ3n) is 5.06. The fourth-order valence-corrected chi connectivity index (χ4v) is 5.06. The molecule has 9 heteroatoms. The topological polar surface area (TPSA) is 84.6 Å². The van der Waals surface area contributed by atoms with Gasteiger partial charge in [-0.15, -0.1) is 0 Å². The van der Waals surface area contributed by atoms with Crippen molar-refractivity contribution in [2.24, 2.45) is 0 Å². The highest BCUT2D eigenvalue weighted by Crippen LogP contribution is 2.37. The van der Waals surface area contributed by atoms with E-state index in [1.165, 1.54) is 0 Å². The van der Waals surface area contributed by atoms with Crippen LogP contribution in [0.1, 0.15) is 18.9 Å². The predicted octanol–water partition coefficient (Wildman–Crippen LogP) is 2.62. The summed E-state index contributed by atoms with van der Waals surface area (Å²) in [5.41, 5.74) is 1.47. The number of amides is 1. The van der Waals surface area contributed by atoms with E-state index in [1.54, 1.807) is 29.2 Å². The number of aromatic nitrogens is 3. The Kier molecular flexibility index (Phi) is 4.79. The van der Waals surface area contributed by atoms with E-state index >= 15 is 0 Å². The molecule has 0 aliphatic carbocycles. The van der Waals surface area contributed by atoms with Crippen molar-refractivity contribution in [3.8, 4) is 11.3 Å². The third kappa shape index (κ3) is 3.12. The smallest absolute Gasteiger partial charge is 0.300 e. The Balaban J connectivity index is 1.82. The fraction of sp³-hybridized carbons (Fsp3) is 0.136. The molecule has 0 bridgehead atoms. The average molecular weight is 495 g/mol. The van der Waals surface area contributed by atoms with Crippen LogP contribution < -0.4 is 20.6 Å². The minimum absolute atomic E-state index is 0.0954. The minimum atomic E-state index is -0.516. The summed E-state index contributed by atoms with van der Waals surface area (Å²) in [6, 6.07) is 14.4. The molecule has 3 heterocycles. The molecule has 1 aliphatic heterocycles. The number of nitrogens with zero attached hydrogens (tertiary/aromatic N) is 4. The number of rotatable bonds is 3. The van der Waals surface area contributed by atoms with Crippen LogP contribution in [0.5, 0.6) is 0 Å². The molecule has 154 valence electrons. The van der Waals surface area contributed by atoms with Gasteiger partial charge in [0.2, 0.25) is 4.96 Å². The maximum atomic E-state index is 13.3. The molecule has 0 radical (unpaired) electrons. The Bertz CT molecular complexity index is 1530. The van der Waals surface area contributed by atoms with Crippen molar-refractivity contribution in [2.45, 2.75) is 13.3 Å². The minimum Gasteiger partial charge on any atom is -0.308 e. The quantitative estimate of drug-likeness (QED) is 0.437. The average Bonchev–Trinajstić information content (AvgIpc) is 3.21. The Morgan fingerprint density at radius 1 is 1.06 bits per heavy atom. The monoisotopic (exact) mass is 494 g/mol. The lowest BCUT2D eigenvalue weighted by Gasteiger charge is -2.15. The zero-order chi connectivity index (χ0) is 21.7. The van der Waals surface area contributed by atoms with E-state index in [1.807, 2.05) is 31.2 Å². The summed E-state index contributed by atoms with van der Waals surface area (Å²) in [6.45, 7) is 2.54. The zero-order valence-corrected chi connectivity index (χ0v) is 18.7. The van der Waals surface area contributed by atoms with Crippen LogP contribution in [0.25, 0.3) is 21.8 Å². The lowest BCUT2D eigenvalue weighted by Crippen LogP contribution is -2.33. The predicted molar refractivity (Wildman–Crippen MR) is 123 cm³/mol. The highest BCUT2D eigenvalue weighted by Gasteiger charge is 2.34. The summed E-state index contributed by atoms with van der Waals surface area (Å²) in [5.74, 6) is -0.232. The van der Waals surface area contributed by atoms with E-state index in [2.05, 4.69) is 26.0 Å². The molecular weight excluding hydrogens is 480 g/mol. The molecule has 0 saturated heterocycles. The first-order chi connectivity index (χ1) is 15.0. The summed E-state index contributed by atoms with van der Waals surface area (Å²) in [4.78, 5) is 45.0. The SMILES string of the molecule is CCCN1C(=O)C(=c2sc3nc(=O)c(-c4ccccc4)nn3c2=O)c2cc(Br)ccc21. The largest absolute Gasteiger partial charge is 0.308 e. The second kappa shape index (κ2) is 7.51. The molecule has 0 fully saturated rings. The van der Waals surface area contributed by atoms with Gasteiger partial charge in [0, 0.05) is 22.1 Å². The van der Waals surface area contributed by atoms with Crippen LogP contribution in [0.2, 0.25) is 0 Å². The molecule has 2 aromatic heterocycles. The van der Waals surface area contributed by atoms with E-state index in [-0.39, 0.29) is 21.1 Å². The van der Waals surface area contributed by atoms with Gasteiger partial charge < -0.3 is 4.90 Å². The van der Waals surface area contributed by atoms with Gasteiger partial charge in [0.1, 0.15) is 4.53 Å². The van der Waals surface area contributed by atoms with Gasteiger partial charge in [-0.1, -0.05) is 64.5 Å². The number of hydrogen-bond acceptors (Lipinski definition) is 6. The number of carbonyl (C=O) groups excluding carboxylic acids is 1. The first-order valence-corrected chi connectivity index (χ1v) is 11.3. The number of anilines is 1. The van der Waals surface area contributed by atoms with Gasteiger partial charge in [-0.05, 0) is 24.6 Å². The van der Waals surface area contributed by atoms with Gasteiger partial charge >= 0.3 is 5.56 Å². The summed E-state index contributed by atoms with van der Waals surface area (Å²) in [5, 5.41) is 4.28. The van der Waals surface area contributed by atoms with Crippen LogP contribution >= 0.6 is 27.3 Å². The second-order valence-corrected chi connectivity index (χ2v) is 8.95. The molecular formula is C22H15BrN4O3S. The number of benzene rings is 2. The molecule has 5 rings (SSSR count). The molecule has 0 spiro atoms. The highest BCUT2D eigenvalue weighted by molar-refractivity contribution is 9.10. The van der Waals surface area contributed by atoms with Gasteiger partial charge in [-0.25, -0.2) is 0 Å². The summed E-state index contributed by atoms with van der Waals surface area (Å²) >= 11 is 4.46. The van der Waals surface area contributed by atoms with Crippen LogP contribution in [0.4, 0.5) is 5.69 Å². The molecule has 2 aromatic carbocycles. The molecule has 31 heavy (non-hydrogen) atoms. The van der Waals surface area contributed by atoms with E-state index in [0.29, 0.717) is 23.2 Å². The van der Waals surface area contributed by atoms with Crippen LogP contribution in [0.3, 0.4) is 0 Å². The van der Waals surface area contributed by atoms with Crippen molar-refractivity contribution in [3.05, 3.63) is 83.8 Å².